The lowest BCUT2D eigenvalue weighted by Crippen LogP contribution is -2.24. The van der Waals surface area contributed by atoms with Crippen molar-refractivity contribution in [3.8, 4) is 0 Å². The van der Waals surface area contributed by atoms with E-state index in [-0.39, 0.29) is 11.4 Å². The number of aldehydes is 1. The molecule has 138 valence electrons. The Morgan fingerprint density at radius 3 is 1.78 bits per heavy atom. The van der Waals surface area contributed by atoms with Gasteiger partial charge in [0, 0.05) is 5.57 Å². The van der Waals surface area contributed by atoms with Gasteiger partial charge < -0.3 is 0 Å². The van der Waals surface area contributed by atoms with E-state index in [9.17, 15) is 13.6 Å². The average molecular weight is 368 g/mol. The van der Waals surface area contributed by atoms with E-state index in [1.54, 1.807) is 24.3 Å². The van der Waals surface area contributed by atoms with Crippen LogP contribution in [0.5, 0.6) is 0 Å². The van der Waals surface area contributed by atoms with Crippen LogP contribution in [-0.4, -0.2) is 26.5 Å². The molecule has 1 aromatic heterocycles. The van der Waals surface area contributed by atoms with E-state index in [0.717, 1.165) is 0 Å². The van der Waals surface area contributed by atoms with Crippen molar-refractivity contribution in [2.24, 2.45) is 0 Å². The molecule has 1 heterocycles. The number of tetrazole rings is 1. The van der Waals surface area contributed by atoms with Crippen molar-refractivity contribution >= 4 is 17.4 Å². The zero-order valence-corrected chi connectivity index (χ0v) is 15.1. The van der Waals surface area contributed by atoms with E-state index in [2.05, 4.69) is 15.4 Å². The summed E-state index contributed by atoms with van der Waals surface area (Å²) >= 11 is 0. The number of benzene rings is 2. The largest absolute Gasteiger partial charge is 0.298 e. The molecule has 5 nitrogen and oxygen atoms in total. The van der Waals surface area contributed by atoms with E-state index in [1.165, 1.54) is 29.1 Å². The zero-order chi connectivity index (χ0) is 19.6. The number of carbonyl (C=O) groups excluding carboxylic acids is 1. The Kier molecular flexibility index (Phi) is 4.94. The third-order valence-electron chi connectivity index (χ3n) is 3.91. The fraction of sp³-hybridized carbons (Fsp3) is 0.200. The zero-order valence-electron chi connectivity index (χ0n) is 15.1. The van der Waals surface area contributed by atoms with Crippen molar-refractivity contribution < 1.29 is 13.6 Å². The predicted octanol–water partition coefficient (Wildman–Crippen LogP) is 3.86. The highest BCUT2D eigenvalue weighted by atomic mass is 19.1. The second-order valence-corrected chi connectivity index (χ2v) is 6.99. The smallest absolute Gasteiger partial charge is 0.208 e. The normalized spacial score (nSPS) is 11.3. The Morgan fingerprint density at radius 1 is 0.926 bits per heavy atom. The molecule has 0 aliphatic carbocycles. The van der Waals surface area contributed by atoms with E-state index < -0.39 is 17.2 Å². The summed E-state index contributed by atoms with van der Waals surface area (Å²) in [6.45, 7) is 5.72. The molecule has 0 aliphatic rings. The summed E-state index contributed by atoms with van der Waals surface area (Å²) in [5, 5.41) is 12.3. The first-order valence-electron chi connectivity index (χ1n) is 8.32. The quantitative estimate of drug-likeness (QED) is 0.518. The van der Waals surface area contributed by atoms with Gasteiger partial charge in [0.05, 0.1) is 11.1 Å². The first kappa shape index (κ1) is 18.6. The van der Waals surface area contributed by atoms with E-state index in [4.69, 9.17) is 0 Å². The lowest BCUT2D eigenvalue weighted by Gasteiger charge is -2.15. The first-order chi connectivity index (χ1) is 12.8. The maximum atomic E-state index is 13.4. The fourth-order valence-electron chi connectivity index (χ4n) is 2.54. The number of aromatic nitrogens is 4. The molecule has 3 rings (SSSR count). The summed E-state index contributed by atoms with van der Waals surface area (Å²) < 4.78 is 26.7. The SMILES string of the molecule is CC(C)(C)n1nnc(C(C=O)=C(c2ccc(F)cc2)c2ccc(F)cc2)n1. The van der Waals surface area contributed by atoms with Gasteiger partial charge in [0.2, 0.25) is 5.82 Å². The molecule has 7 heteroatoms. The lowest BCUT2D eigenvalue weighted by atomic mass is 9.93. The molecule has 0 saturated heterocycles. The van der Waals surface area contributed by atoms with Crippen LogP contribution in [0.15, 0.2) is 48.5 Å². The van der Waals surface area contributed by atoms with Gasteiger partial charge in [-0.3, -0.25) is 4.79 Å². The van der Waals surface area contributed by atoms with Gasteiger partial charge in [-0.25, -0.2) is 8.78 Å². The average Bonchev–Trinajstić information content (AvgIpc) is 3.12. The van der Waals surface area contributed by atoms with Crippen LogP contribution < -0.4 is 0 Å². The van der Waals surface area contributed by atoms with E-state index >= 15 is 0 Å². The minimum atomic E-state index is -0.412. The molecule has 0 atom stereocenters. The van der Waals surface area contributed by atoms with Crippen LogP contribution in [0.2, 0.25) is 0 Å². The minimum absolute atomic E-state index is 0.142. The molecule has 0 unspecified atom stereocenters. The third kappa shape index (κ3) is 3.97. The lowest BCUT2D eigenvalue weighted by molar-refractivity contribution is -0.103. The Morgan fingerprint density at radius 2 is 1.41 bits per heavy atom. The minimum Gasteiger partial charge on any atom is -0.298 e. The van der Waals surface area contributed by atoms with Crippen molar-refractivity contribution in [3.63, 3.8) is 0 Å². The molecule has 27 heavy (non-hydrogen) atoms. The molecule has 3 aromatic rings. The van der Waals surface area contributed by atoms with Gasteiger partial charge in [-0.2, -0.15) is 4.80 Å². The summed E-state index contributed by atoms with van der Waals surface area (Å²) in [4.78, 5) is 13.4. The van der Waals surface area contributed by atoms with Gasteiger partial charge >= 0.3 is 0 Å². The highest BCUT2D eigenvalue weighted by molar-refractivity contribution is 6.19. The van der Waals surface area contributed by atoms with Gasteiger partial charge in [-0.1, -0.05) is 24.3 Å². The standard InChI is InChI=1S/C20H18F2N4O/c1-20(2,3)26-24-19(23-25-26)17(12-27)18(13-4-8-15(21)9-5-13)14-6-10-16(22)11-7-14/h4-12H,1-3H3. The topological polar surface area (TPSA) is 60.7 Å². The van der Waals surface area contributed by atoms with Crippen molar-refractivity contribution in [3.05, 3.63) is 77.1 Å². The van der Waals surface area contributed by atoms with Crippen LogP contribution in [0.4, 0.5) is 8.78 Å². The van der Waals surface area contributed by atoms with E-state index in [1.807, 2.05) is 20.8 Å². The Balaban J connectivity index is 2.25. The highest BCUT2D eigenvalue weighted by Crippen LogP contribution is 2.30. The molecule has 0 saturated carbocycles. The maximum Gasteiger partial charge on any atom is 0.208 e. The van der Waals surface area contributed by atoms with Gasteiger partial charge in [0.25, 0.3) is 0 Å². The van der Waals surface area contributed by atoms with Crippen LogP contribution in [0, 0.1) is 11.6 Å². The van der Waals surface area contributed by atoms with Crippen LogP contribution in [-0.2, 0) is 10.3 Å². The molecular formula is C20H18F2N4O. The molecule has 0 amide bonds. The van der Waals surface area contributed by atoms with Crippen LogP contribution in [0.25, 0.3) is 11.1 Å². The molecule has 0 radical (unpaired) electrons. The molecule has 0 bridgehead atoms. The van der Waals surface area contributed by atoms with Crippen LogP contribution >= 0.6 is 0 Å². The number of nitrogens with zero attached hydrogens (tertiary/aromatic N) is 4. The van der Waals surface area contributed by atoms with E-state index in [0.29, 0.717) is 23.0 Å². The molecule has 0 aliphatic heterocycles. The highest BCUT2D eigenvalue weighted by Gasteiger charge is 2.22. The van der Waals surface area contributed by atoms with Crippen LogP contribution in [0.3, 0.4) is 0 Å². The molecule has 0 N–H and O–H groups in total. The van der Waals surface area contributed by atoms with Gasteiger partial charge in [-0.15, -0.1) is 10.2 Å². The van der Waals surface area contributed by atoms with Gasteiger partial charge in [0.1, 0.15) is 11.6 Å². The van der Waals surface area contributed by atoms with Crippen molar-refractivity contribution in [1.29, 1.82) is 0 Å². The monoisotopic (exact) mass is 368 g/mol. The summed E-state index contributed by atoms with van der Waals surface area (Å²) in [7, 11) is 0. The maximum absolute atomic E-state index is 13.4. The molecule has 2 aromatic carbocycles. The number of halogens is 2. The van der Waals surface area contributed by atoms with Gasteiger partial charge in [0.15, 0.2) is 6.29 Å². The fourth-order valence-corrected chi connectivity index (χ4v) is 2.54. The second kappa shape index (κ2) is 7.19. The third-order valence-corrected chi connectivity index (χ3v) is 3.91. The van der Waals surface area contributed by atoms with Crippen molar-refractivity contribution in [2.75, 3.05) is 0 Å². The molecule has 0 fully saturated rings. The van der Waals surface area contributed by atoms with Gasteiger partial charge in [-0.05, 0) is 61.4 Å². The Labute approximate surface area is 155 Å². The van der Waals surface area contributed by atoms with Crippen LogP contribution in [0.1, 0.15) is 37.7 Å². The number of allylic oxidation sites excluding steroid dienone is 1. The number of hydrogen-bond donors (Lipinski definition) is 0. The summed E-state index contributed by atoms with van der Waals surface area (Å²) in [5.41, 5.74) is 1.40. The summed E-state index contributed by atoms with van der Waals surface area (Å²) in [5.74, 6) is -0.660. The Bertz CT molecular complexity index is 937. The number of rotatable bonds is 4. The second-order valence-electron chi connectivity index (χ2n) is 6.99. The number of hydrogen-bond acceptors (Lipinski definition) is 4. The predicted molar refractivity (Wildman–Crippen MR) is 97.6 cm³/mol. The number of carbonyl (C=O) groups is 1. The Hall–Kier alpha value is -3.22. The first-order valence-corrected chi connectivity index (χ1v) is 8.32. The summed E-state index contributed by atoms with van der Waals surface area (Å²) in [6.07, 6.45) is 0.631. The van der Waals surface area contributed by atoms with Crippen molar-refractivity contribution in [2.45, 2.75) is 26.3 Å². The van der Waals surface area contributed by atoms with Crippen molar-refractivity contribution in [1.82, 2.24) is 20.2 Å². The molecular weight excluding hydrogens is 350 g/mol. The molecule has 0 spiro atoms. The summed E-state index contributed by atoms with van der Waals surface area (Å²) in [6, 6.07) is 11.4.